The summed E-state index contributed by atoms with van der Waals surface area (Å²) in [5.74, 6) is 1.04. The number of ether oxygens (including phenoxy) is 2. The Morgan fingerprint density at radius 1 is 1.21 bits per heavy atom. The van der Waals surface area contributed by atoms with Crippen molar-refractivity contribution in [1.82, 2.24) is 4.90 Å². The van der Waals surface area contributed by atoms with Crippen LogP contribution >= 0.6 is 11.6 Å². The Morgan fingerprint density at radius 2 is 1.83 bits per heavy atom. The molecule has 0 aromatic heterocycles. The highest BCUT2D eigenvalue weighted by Gasteiger charge is 2.43. The summed E-state index contributed by atoms with van der Waals surface area (Å²) in [5, 5.41) is 0.756. The largest absolute Gasteiger partial charge is 0.444 e. The number of halogens is 1. The van der Waals surface area contributed by atoms with Gasteiger partial charge in [-0.1, -0.05) is 29.8 Å². The first-order valence-electron chi connectivity index (χ1n) is 8.65. The summed E-state index contributed by atoms with van der Waals surface area (Å²) in [6.07, 6.45) is 2.09. The number of nitrogens with zero attached hydrogens (tertiary/aromatic N) is 1. The maximum absolute atomic E-state index is 12.2. The number of likely N-dealkylation sites (tertiary alicyclic amines) is 1. The highest BCUT2D eigenvalue weighted by Crippen LogP contribution is 2.40. The minimum atomic E-state index is -0.435. The predicted molar refractivity (Wildman–Crippen MR) is 94.1 cm³/mol. The van der Waals surface area contributed by atoms with Gasteiger partial charge in [0.2, 0.25) is 0 Å². The molecule has 0 radical (unpaired) electrons. The Hall–Kier alpha value is -1.26. The number of benzene rings is 1. The van der Waals surface area contributed by atoms with Crippen LogP contribution in [-0.4, -0.2) is 35.8 Å². The molecule has 1 aliphatic carbocycles. The SMILES string of the molecule is CC(C)(C)OC(=O)N1CC2CC(OCc3ccccc3Cl)CC2C1. The molecule has 2 atom stereocenters. The summed E-state index contributed by atoms with van der Waals surface area (Å²) in [7, 11) is 0. The molecule has 0 N–H and O–H groups in total. The molecule has 4 nitrogen and oxygen atoms in total. The second-order valence-corrected chi connectivity index (χ2v) is 8.31. The molecular weight excluding hydrogens is 326 g/mol. The van der Waals surface area contributed by atoms with Gasteiger partial charge in [0.1, 0.15) is 5.60 Å². The number of hydrogen-bond donors (Lipinski definition) is 0. The van der Waals surface area contributed by atoms with Gasteiger partial charge in [0.15, 0.2) is 0 Å². The van der Waals surface area contributed by atoms with Crippen LogP contribution in [0, 0.1) is 11.8 Å². The summed E-state index contributed by atoms with van der Waals surface area (Å²) in [4.78, 5) is 14.0. The average Bonchev–Trinajstić information content (AvgIpc) is 3.03. The van der Waals surface area contributed by atoms with Crippen molar-refractivity contribution in [2.24, 2.45) is 11.8 Å². The smallest absolute Gasteiger partial charge is 0.410 e. The number of amides is 1. The van der Waals surface area contributed by atoms with E-state index < -0.39 is 5.60 Å². The van der Waals surface area contributed by atoms with Crippen LogP contribution in [-0.2, 0) is 16.1 Å². The molecule has 1 aliphatic heterocycles. The highest BCUT2D eigenvalue weighted by molar-refractivity contribution is 6.31. The van der Waals surface area contributed by atoms with Crippen molar-refractivity contribution in [2.75, 3.05) is 13.1 Å². The molecule has 1 heterocycles. The van der Waals surface area contributed by atoms with Crippen molar-refractivity contribution >= 4 is 17.7 Å². The van der Waals surface area contributed by atoms with E-state index >= 15 is 0 Å². The lowest BCUT2D eigenvalue weighted by Crippen LogP contribution is -2.36. The zero-order chi connectivity index (χ0) is 17.3. The lowest BCUT2D eigenvalue weighted by Gasteiger charge is -2.25. The molecule has 5 heteroatoms. The van der Waals surface area contributed by atoms with E-state index in [1.54, 1.807) is 0 Å². The minimum absolute atomic E-state index is 0.189. The lowest BCUT2D eigenvalue weighted by molar-refractivity contribution is 0.0205. The van der Waals surface area contributed by atoms with E-state index in [9.17, 15) is 4.79 Å². The molecule has 2 aliphatic rings. The van der Waals surface area contributed by atoms with Gasteiger partial charge in [0, 0.05) is 18.1 Å². The molecule has 0 spiro atoms. The van der Waals surface area contributed by atoms with Crippen molar-refractivity contribution < 1.29 is 14.3 Å². The number of carbonyl (C=O) groups is 1. The maximum Gasteiger partial charge on any atom is 0.410 e. The molecule has 1 saturated heterocycles. The minimum Gasteiger partial charge on any atom is -0.444 e. The van der Waals surface area contributed by atoms with E-state index in [0.717, 1.165) is 36.5 Å². The van der Waals surface area contributed by atoms with E-state index in [2.05, 4.69) is 0 Å². The van der Waals surface area contributed by atoms with Gasteiger partial charge in [-0.15, -0.1) is 0 Å². The summed E-state index contributed by atoms with van der Waals surface area (Å²) < 4.78 is 11.5. The molecule has 24 heavy (non-hydrogen) atoms. The van der Waals surface area contributed by atoms with Gasteiger partial charge in [-0.3, -0.25) is 0 Å². The van der Waals surface area contributed by atoms with Crippen LogP contribution in [0.25, 0.3) is 0 Å². The van der Waals surface area contributed by atoms with Gasteiger partial charge in [-0.05, 0) is 57.1 Å². The fraction of sp³-hybridized carbons (Fsp3) is 0.632. The van der Waals surface area contributed by atoms with Crippen LogP contribution in [0.5, 0.6) is 0 Å². The molecule has 1 saturated carbocycles. The van der Waals surface area contributed by atoms with Crippen molar-refractivity contribution in [3.63, 3.8) is 0 Å². The lowest BCUT2D eigenvalue weighted by atomic mass is 10.0. The molecule has 1 aromatic rings. The molecule has 1 amide bonds. The fourth-order valence-corrected chi connectivity index (χ4v) is 3.87. The molecule has 132 valence electrons. The third-order valence-corrected chi connectivity index (χ3v) is 5.16. The first-order chi connectivity index (χ1) is 11.3. The van der Waals surface area contributed by atoms with Crippen LogP contribution < -0.4 is 0 Å². The Bertz CT molecular complexity index is 585. The van der Waals surface area contributed by atoms with Crippen molar-refractivity contribution in [3.05, 3.63) is 34.9 Å². The molecule has 0 bridgehead atoms. The topological polar surface area (TPSA) is 38.8 Å². The van der Waals surface area contributed by atoms with Crippen molar-refractivity contribution in [3.8, 4) is 0 Å². The van der Waals surface area contributed by atoms with E-state index in [1.165, 1.54) is 0 Å². The van der Waals surface area contributed by atoms with Gasteiger partial charge in [-0.2, -0.15) is 0 Å². The molecule has 2 fully saturated rings. The Kier molecular flexibility index (Phi) is 5.07. The maximum atomic E-state index is 12.2. The average molecular weight is 352 g/mol. The van der Waals surface area contributed by atoms with Crippen LogP contribution in [0.15, 0.2) is 24.3 Å². The summed E-state index contributed by atoms with van der Waals surface area (Å²) in [5.41, 5.74) is 0.599. The fourth-order valence-electron chi connectivity index (χ4n) is 3.68. The first-order valence-corrected chi connectivity index (χ1v) is 9.02. The molecule has 3 rings (SSSR count). The monoisotopic (exact) mass is 351 g/mol. The van der Waals surface area contributed by atoms with Crippen LogP contribution in [0.3, 0.4) is 0 Å². The molecule has 2 unspecified atom stereocenters. The summed E-state index contributed by atoms with van der Waals surface area (Å²) in [6.45, 7) is 7.83. The zero-order valence-corrected chi connectivity index (χ0v) is 15.4. The van der Waals surface area contributed by atoms with Gasteiger partial charge >= 0.3 is 6.09 Å². The number of rotatable bonds is 3. The Balaban J connectivity index is 1.47. The van der Waals surface area contributed by atoms with E-state index in [1.807, 2.05) is 49.9 Å². The summed E-state index contributed by atoms with van der Waals surface area (Å²) >= 11 is 6.17. The highest BCUT2D eigenvalue weighted by atomic mass is 35.5. The zero-order valence-electron chi connectivity index (χ0n) is 14.6. The number of fused-ring (bicyclic) bond motifs is 1. The normalized spacial score (nSPS) is 26.5. The van der Waals surface area contributed by atoms with Gasteiger partial charge in [0.25, 0.3) is 0 Å². The Morgan fingerprint density at radius 3 is 2.42 bits per heavy atom. The van der Waals surface area contributed by atoms with Crippen LogP contribution in [0.4, 0.5) is 4.79 Å². The molecular formula is C19H26ClNO3. The first kappa shape index (κ1) is 17.6. The van der Waals surface area contributed by atoms with E-state index in [4.69, 9.17) is 21.1 Å². The summed E-state index contributed by atoms with van der Waals surface area (Å²) in [6, 6.07) is 7.80. The number of carbonyl (C=O) groups excluding carboxylic acids is 1. The van der Waals surface area contributed by atoms with Crippen LogP contribution in [0.1, 0.15) is 39.2 Å². The van der Waals surface area contributed by atoms with Gasteiger partial charge < -0.3 is 14.4 Å². The van der Waals surface area contributed by atoms with E-state index in [0.29, 0.717) is 18.4 Å². The molecule has 1 aromatic carbocycles. The van der Waals surface area contributed by atoms with Gasteiger partial charge in [0.05, 0.1) is 12.7 Å². The van der Waals surface area contributed by atoms with Crippen molar-refractivity contribution in [2.45, 2.75) is 51.9 Å². The second-order valence-electron chi connectivity index (χ2n) is 7.90. The third-order valence-electron chi connectivity index (χ3n) is 4.79. The quantitative estimate of drug-likeness (QED) is 0.804. The standard InChI is InChI=1S/C19H26ClNO3/c1-19(2,3)24-18(22)21-10-14-8-16(9-15(14)11-21)23-12-13-6-4-5-7-17(13)20/h4-7,14-16H,8-12H2,1-3H3. The van der Waals surface area contributed by atoms with Crippen LogP contribution in [0.2, 0.25) is 5.02 Å². The van der Waals surface area contributed by atoms with Gasteiger partial charge in [-0.25, -0.2) is 4.79 Å². The second kappa shape index (κ2) is 6.93. The number of hydrogen-bond acceptors (Lipinski definition) is 3. The predicted octanol–water partition coefficient (Wildman–Crippen LogP) is 4.50. The van der Waals surface area contributed by atoms with E-state index in [-0.39, 0.29) is 12.2 Å². The third kappa shape index (κ3) is 4.22. The van der Waals surface area contributed by atoms with Crippen molar-refractivity contribution in [1.29, 1.82) is 0 Å². The Labute approximate surface area is 149 Å².